The highest BCUT2D eigenvalue weighted by atomic mass is 35.5. The average molecular weight is 350 g/mol. The predicted molar refractivity (Wildman–Crippen MR) is 89.5 cm³/mol. The van der Waals surface area contributed by atoms with Gasteiger partial charge in [0.2, 0.25) is 0 Å². The number of halogens is 2. The standard InChI is InChI=1S/C18H17ClFNO3/c19-15-10-13(11-16-17(15)24-8-2-7-23-16)18(22)21-6-5-12-3-1-4-14(20)9-12/h1,3-4,9-11H,2,5-8H2,(H,21,22). The van der Waals surface area contributed by atoms with Crippen molar-refractivity contribution in [3.05, 3.63) is 58.4 Å². The van der Waals surface area contributed by atoms with Gasteiger partial charge in [0.15, 0.2) is 11.5 Å². The Labute approximate surface area is 144 Å². The predicted octanol–water partition coefficient (Wildman–Crippen LogP) is 3.61. The van der Waals surface area contributed by atoms with Gasteiger partial charge in [0.1, 0.15) is 5.82 Å². The van der Waals surface area contributed by atoms with E-state index in [-0.39, 0.29) is 11.7 Å². The molecule has 24 heavy (non-hydrogen) atoms. The van der Waals surface area contributed by atoms with E-state index in [9.17, 15) is 9.18 Å². The van der Waals surface area contributed by atoms with Gasteiger partial charge in [-0.3, -0.25) is 4.79 Å². The number of hydrogen-bond acceptors (Lipinski definition) is 3. The maximum atomic E-state index is 13.1. The summed E-state index contributed by atoms with van der Waals surface area (Å²) in [5.74, 6) is 0.415. The number of rotatable bonds is 4. The normalized spacial score (nSPS) is 13.2. The van der Waals surface area contributed by atoms with Crippen molar-refractivity contribution >= 4 is 17.5 Å². The summed E-state index contributed by atoms with van der Waals surface area (Å²) in [5, 5.41) is 3.15. The summed E-state index contributed by atoms with van der Waals surface area (Å²) in [5.41, 5.74) is 1.23. The highest BCUT2D eigenvalue weighted by Gasteiger charge is 2.18. The number of amides is 1. The van der Waals surface area contributed by atoms with Gasteiger partial charge in [-0.15, -0.1) is 0 Å². The molecule has 0 aromatic heterocycles. The van der Waals surface area contributed by atoms with Crippen molar-refractivity contribution < 1.29 is 18.7 Å². The molecule has 4 nitrogen and oxygen atoms in total. The molecule has 3 rings (SSSR count). The van der Waals surface area contributed by atoms with Crippen LogP contribution in [0.1, 0.15) is 22.3 Å². The van der Waals surface area contributed by atoms with E-state index in [0.29, 0.717) is 48.3 Å². The Morgan fingerprint density at radius 2 is 2.04 bits per heavy atom. The highest BCUT2D eigenvalue weighted by Crippen LogP contribution is 2.37. The Balaban J connectivity index is 1.64. The van der Waals surface area contributed by atoms with Gasteiger partial charge in [0, 0.05) is 18.5 Å². The van der Waals surface area contributed by atoms with E-state index in [1.807, 2.05) is 6.07 Å². The van der Waals surface area contributed by atoms with Crippen molar-refractivity contribution in [1.29, 1.82) is 0 Å². The molecule has 0 aliphatic carbocycles. The van der Waals surface area contributed by atoms with Gasteiger partial charge >= 0.3 is 0 Å². The highest BCUT2D eigenvalue weighted by molar-refractivity contribution is 6.32. The van der Waals surface area contributed by atoms with Crippen molar-refractivity contribution in [2.75, 3.05) is 19.8 Å². The maximum absolute atomic E-state index is 13.1. The zero-order valence-electron chi connectivity index (χ0n) is 13.0. The van der Waals surface area contributed by atoms with Crippen LogP contribution >= 0.6 is 11.6 Å². The second kappa shape index (κ2) is 7.53. The molecule has 0 spiro atoms. The molecule has 1 heterocycles. The molecule has 6 heteroatoms. The second-order valence-electron chi connectivity index (χ2n) is 5.47. The van der Waals surface area contributed by atoms with Crippen LogP contribution in [0.2, 0.25) is 5.02 Å². The van der Waals surface area contributed by atoms with Crippen LogP contribution in [0.3, 0.4) is 0 Å². The third-order valence-electron chi connectivity index (χ3n) is 3.65. The number of benzene rings is 2. The Hall–Kier alpha value is -2.27. The molecular weight excluding hydrogens is 333 g/mol. The summed E-state index contributed by atoms with van der Waals surface area (Å²) >= 11 is 6.18. The first-order valence-corrected chi connectivity index (χ1v) is 8.13. The maximum Gasteiger partial charge on any atom is 0.251 e. The Kier molecular flexibility index (Phi) is 5.20. The number of nitrogens with one attached hydrogen (secondary N) is 1. The minimum absolute atomic E-state index is 0.260. The monoisotopic (exact) mass is 349 g/mol. The quantitative estimate of drug-likeness (QED) is 0.917. The topological polar surface area (TPSA) is 47.6 Å². The number of ether oxygens (including phenoxy) is 2. The van der Waals surface area contributed by atoms with Gasteiger partial charge in [0.05, 0.1) is 18.2 Å². The molecule has 0 saturated heterocycles. The third-order valence-corrected chi connectivity index (χ3v) is 3.93. The fourth-order valence-electron chi connectivity index (χ4n) is 2.48. The summed E-state index contributed by atoms with van der Waals surface area (Å²) in [6.07, 6.45) is 1.31. The number of carbonyl (C=O) groups excluding carboxylic acids is 1. The molecule has 1 amide bonds. The number of hydrogen-bond donors (Lipinski definition) is 1. The largest absolute Gasteiger partial charge is 0.489 e. The second-order valence-corrected chi connectivity index (χ2v) is 5.88. The minimum atomic E-state index is -0.284. The summed E-state index contributed by atoms with van der Waals surface area (Å²) in [6.45, 7) is 1.45. The Bertz CT molecular complexity index is 751. The summed E-state index contributed by atoms with van der Waals surface area (Å²) in [6, 6.07) is 9.50. The van der Waals surface area contributed by atoms with Crippen LogP contribution in [0.15, 0.2) is 36.4 Å². The Morgan fingerprint density at radius 3 is 2.88 bits per heavy atom. The first-order chi connectivity index (χ1) is 11.6. The fraction of sp³-hybridized carbons (Fsp3) is 0.278. The van der Waals surface area contributed by atoms with E-state index in [1.165, 1.54) is 12.1 Å². The molecule has 0 unspecified atom stereocenters. The van der Waals surface area contributed by atoms with Crippen molar-refractivity contribution in [3.8, 4) is 11.5 Å². The fourth-order valence-corrected chi connectivity index (χ4v) is 2.74. The van der Waals surface area contributed by atoms with E-state index in [2.05, 4.69) is 5.32 Å². The van der Waals surface area contributed by atoms with Crippen LogP contribution in [0.25, 0.3) is 0 Å². The lowest BCUT2D eigenvalue weighted by atomic mass is 10.1. The van der Waals surface area contributed by atoms with Gasteiger partial charge in [-0.25, -0.2) is 4.39 Å². The van der Waals surface area contributed by atoms with Crippen molar-refractivity contribution in [2.45, 2.75) is 12.8 Å². The molecule has 0 saturated carbocycles. The Morgan fingerprint density at radius 1 is 1.21 bits per heavy atom. The van der Waals surface area contributed by atoms with Crippen LogP contribution in [-0.2, 0) is 6.42 Å². The van der Waals surface area contributed by atoms with E-state index < -0.39 is 0 Å². The van der Waals surface area contributed by atoms with Crippen LogP contribution in [0.4, 0.5) is 4.39 Å². The lowest BCUT2D eigenvalue weighted by Gasteiger charge is -2.12. The lowest BCUT2D eigenvalue weighted by Crippen LogP contribution is -2.25. The zero-order valence-corrected chi connectivity index (χ0v) is 13.7. The van der Waals surface area contributed by atoms with Gasteiger partial charge in [-0.05, 0) is 36.2 Å². The van der Waals surface area contributed by atoms with Crippen LogP contribution in [-0.4, -0.2) is 25.7 Å². The molecule has 2 aromatic carbocycles. The summed E-state index contributed by atoms with van der Waals surface area (Å²) < 4.78 is 24.2. The molecule has 0 atom stereocenters. The SMILES string of the molecule is O=C(NCCc1cccc(F)c1)c1cc(Cl)c2c(c1)OCCCO2. The first-order valence-electron chi connectivity index (χ1n) is 7.75. The van der Waals surface area contributed by atoms with Gasteiger partial charge < -0.3 is 14.8 Å². The van der Waals surface area contributed by atoms with Crippen LogP contribution < -0.4 is 14.8 Å². The van der Waals surface area contributed by atoms with E-state index in [4.69, 9.17) is 21.1 Å². The molecular formula is C18H17ClFNO3. The van der Waals surface area contributed by atoms with E-state index >= 15 is 0 Å². The molecule has 1 N–H and O–H groups in total. The molecule has 2 aromatic rings. The summed E-state index contributed by atoms with van der Waals surface area (Å²) in [4.78, 5) is 12.3. The number of carbonyl (C=O) groups is 1. The van der Waals surface area contributed by atoms with E-state index in [0.717, 1.165) is 12.0 Å². The van der Waals surface area contributed by atoms with Crippen LogP contribution in [0, 0.1) is 5.82 Å². The minimum Gasteiger partial charge on any atom is -0.489 e. The van der Waals surface area contributed by atoms with Gasteiger partial charge in [0.25, 0.3) is 5.91 Å². The number of fused-ring (bicyclic) bond motifs is 1. The van der Waals surface area contributed by atoms with Crippen molar-refractivity contribution in [1.82, 2.24) is 5.32 Å². The summed E-state index contributed by atoms with van der Waals surface area (Å²) in [7, 11) is 0. The van der Waals surface area contributed by atoms with Crippen molar-refractivity contribution in [2.24, 2.45) is 0 Å². The van der Waals surface area contributed by atoms with Gasteiger partial charge in [-0.2, -0.15) is 0 Å². The zero-order chi connectivity index (χ0) is 16.9. The van der Waals surface area contributed by atoms with E-state index in [1.54, 1.807) is 18.2 Å². The smallest absolute Gasteiger partial charge is 0.251 e. The molecule has 126 valence electrons. The third kappa shape index (κ3) is 3.97. The molecule has 1 aliphatic heterocycles. The lowest BCUT2D eigenvalue weighted by molar-refractivity contribution is 0.0953. The average Bonchev–Trinajstić information content (AvgIpc) is 2.80. The van der Waals surface area contributed by atoms with Crippen molar-refractivity contribution in [3.63, 3.8) is 0 Å². The molecule has 0 radical (unpaired) electrons. The molecule has 1 aliphatic rings. The molecule has 0 fully saturated rings. The van der Waals surface area contributed by atoms with Gasteiger partial charge in [-0.1, -0.05) is 23.7 Å². The first kappa shape index (κ1) is 16.6. The van der Waals surface area contributed by atoms with Crippen LogP contribution in [0.5, 0.6) is 11.5 Å². The molecule has 0 bridgehead atoms.